The van der Waals surface area contributed by atoms with Gasteiger partial charge in [-0.2, -0.15) is 0 Å². The van der Waals surface area contributed by atoms with Crippen molar-refractivity contribution in [3.05, 3.63) is 73.5 Å². The summed E-state index contributed by atoms with van der Waals surface area (Å²) < 4.78 is 0. The second-order valence-corrected chi connectivity index (χ2v) is 7.10. The molecule has 0 aliphatic carbocycles. The van der Waals surface area contributed by atoms with Gasteiger partial charge in [0.25, 0.3) is 11.5 Å². The zero-order valence-electron chi connectivity index (χ0n) is 14.6. The smallest absolute Gasteiger partial charge is 0.291 e. The van der Waals surface area contributed by atoms with E-state index in [2.05, 4.69) is 10.3 Å². The Labute approximate surface area is 165 Å². The molecule has 27 heavy (non-hydrogen) atoms. The Morgan fingerprint density at radius 2 is 1.89 bits per heavy atom. The van der Waals surface area contributed by atoms with E-state index in [4.69, 9.17) is 23.2 Å². The van der Waals surface area contributed by atoms with Crippen molar-refractivity contribution in [3.8, 4) is 5.75 Å². The highest BCUT2D eigenvalue weighted by atomic mass is 35.5. The third kappa shape index (κ3) is 4.10. The van der Waals surface area contributed by atoms with Crippen LogP contribution in [0, 0.1) is 6.92 Å². The number of rotatable bonds is 5. The maximum Gasteiger partial charge on any atom is 0.291 e. The summed E-state index contributed by atoms with van der Waals surface area (Å²) in [5.41, 5.74) is 1.52. The highest BCUT2D eigenvalue weighted by Crippen LogP contribution is 2.26. The van der Waals surface area contributed by atoms with Crippen molar-refractivity contribution < 1.29 is 9.90 Å². The van der Waals surface area contributed by atoms with Gasteiger partial charge in [0.15, 0.2) is 5.75 Å². The van der Waals surface area contributed by atoms with Gasteiger partial charge in [0.1, 0.15) is 0 Å². The number of amides is 1. The average molecular weight is 405 g/mol. The molecule has 0 spiro atoms. The van der Waals surface area contributed by atoms with Gasteiger partial charge in [-0.05, 0) is 49.6 Å². The van der Waals surface area contributed by atoms with Crippen LogP contribution in [0.2, 0.25) is 10.0 Å². The lowest BCUT2D eigenvalue weighted by Gasteiger charge is -2.11. The van der Waals surface area contributed by atoms with Crippen LogP contribution < -0.4 is 10.9 Å². The average Bonchev–Trinajstić information content (AvgIpc) is 2.62. The molecule has 0 aliphatic rings. The number of benzene rings is 2. The fraction of sp³-hybridized carbons (Fsp3) is 0.200. The molecule has 1 heterocycles. The Morgan fingerprint density at radius 1 is 1.19 bits per heavy atom. The number of halogens is 2. The van der Waals surface area contributed by atoms with E-state index >= 15 is 0 Å². The zero-order chi connectivity index (χ0) is 19.6. The number of carbonyl (C=O) groups is 1. The van der Waals surface area contributed by atoms with Crippen molar-refractivity contribution in [1.29, 1.82) is 0 Å². The number of H-pyrrole nitrogens is 1. The van der Waals surface area contributed by atoms with Gasteiger partial charge < -0.3 is 15.4 Å². The predicted octanol–water partition coefficient (Wildman–Crippen LogP) is 4.21. The number of aromatic amines is 1. The maximum atomic E-state index is 12.6. The quantitative estimate of drug-likeness (QED) is 0.556. The lowest BCUT2D eigenvalue weighted by molar-refractivity contribution is 0.0952. The van der Waals surface area contributed by atoms with Crippen LogP contribution in [0.5, 0.6) is 5.75 Å². The van der Waals surface area contributed by atoms with Crippen LogP contribution in [-0.4, -0.2) is 22.5 Å². The van der Waals surface area contributed by atoms with Gasteiger partial charge in [-0.3, -0.25) is 9.59 Å². The summed E-state index contributed by atoms with van der Waals surface area (Å²) in [5, 5.41) is 14.5. The molecule has 0 aliphatic heterocycles. The molecule has 3 rings (SSSR count). The van der Waals surface area contributed by atoms with E-state index < -0.39 is 17.2 Å². The third-order valence-electron chi connectivity index (χ3n) is 4.32. The number of hydrogen-bond donors (Lipinski definition) is 3. The minimum atomic E-state index is -0.695. The summed E-state index contributed by atoms with van der Waals surface area (Å²) in [6, 6.07) is 10.6. The fourth-order valence-electron chi connectivity index (χ4n) is 2.95. The lowest BCUT2D eigenvalue weighted by Crippen LogP contribution is -2.27. The van der Waals surface area contributed by atoms with E-state index in [9.17, 15) is 14.7 Å². The molecule has 5 nitrogen and oxygen atoms in total. The number of fused-ring (bicyclic) bond motifs is 1. The summed E-state index contributed by atoms with van der Waals surface area (Å²) in [4.78, 5) is 27.1. The number of aromatic nitrogens is 1. The Hall–Kier alpha value is -2.50. The second kappa shape index (κ2) is 8.03. The molecule has 2 aromatic carbocycles. The van der Waals surface area contributed by atoms with Gasteiger partial charge in [-0.15, -0.1) is 0 Å². The molecule has 7 heteroatoms. The molecular weight excluding hydrogens is 387 g/mol. The van der Waals surface area contributed by atoms with Crippen LogP contribution in [0.25, 0.3) is 10.9 Å². The minimum Gasteiger partial charge on any atom is -0.502 e. The van der Waals surface area contributed by atoms with Crippen molar-refractivity contribution in [2.75, 3.05) is 6.54 Å². The van der Waals surface area contributed by atoms with Gasteiger partial charge in [0, 0.05) is 27.5 Å². The molecule has 0 saturated heterocycles. The Kier molecular flexibility index (Phi) is 5.73. The molecule has 0 unspecified atom stereocenters. The molecule has 3 aromatic rings. The topological polar surface area (TPSA) is 82.2 Å². The Morgan fingerprint density at radius 3 is 2.59 bits per heavy atom. The van der Waals surface area contributed by atoms with E-state index in [0.717, 1.165) is 11.1 Å². The monoisotopic (exact) mass is 404 g/mol. The van der Waals surface area contributed by atoms with Crippen molar-refractivity contribution >= 4 is 40.0 Å². The van der Waals surface area contributed by atoms with E-state index in [0.29, 0.717) is 40.3 Å². The van der Waals surface area contributed by atoms with Gasteiger partial charge in [-0.25, -0.2) is 0 Å². The van der Waals surface area contributed by atoms with Crippen LogP contribution in [0.4, 0.5) is 0 Å². The number of aryl methyl sites for hydroxylation is 1. The number of carbonyl (C=O) groups excluding carboxylic acids is 1. The van der Waals surface area contributed by atoms with Crippen molar-refractivity contribution in [3.63, 3.8) is 0 Å². The molecule has 3 N–H and O–H groups in total. The van der Waals surface area contributed by atoms with Crippen LogP contribution in [0.3, 0.4) is 0 Å². The summed E-state index contributed by atoms with van der Waals surface area (Å²) in [7, 11) is 0. The summed E-state index contributed by atoms with van der Waals surface area (Å²) >= 11 is 12.3. The maximum absolute atomic E-state index is 12.6. The molecule has 0 saturated carbocycles. The van der Waals surface area contributed by atoms with Crippen LogP contribution in [0.15, 0.2) is 41.2 Å². The van der Waals surface area contributed by atoms with Crippen LogP contribution in [0.1, 0.15) is 27.9 Å². The number of pyridine rings is 1. The number of hydrogen-bond acceptors (Lipinski definition) is 3. The fourth-order valence-corrected chi connectivity index (χ4v) is 3.54. The molecule has 140 valence electrons. The first-order valence-corrected chi connectivity index (χ1v) is 9.20. The van der Waals surface area contributed by atoms with Crippen molar-refractivity contribution in [1.82, 2.24) is 10.3 Å². The summed E-state index contributed by atoms with van der Waals surface area (Å²) in [5.74, 6) is -1.08. The van der Waals surface area contributed by atoms with E-state index in [1.807, 2.05) is 13.0 Å². The van der Waals surface area contributed by atoms with Gasteiger partial charge in [0.05, 0.1) is 5.56 Å². The second-order valence-electron chi connectivity index (χ2n) is 6.29. The zero-order valence-corrected chi connectivity index (χ0v) is 16.1. The predicted molar refractivity (Wildman–Crippen MR) is 108 cm³/mol. The first kappa shape index (κ1) is 19.3. The highest BCUT2D eigenvalue weighted by Gasteiger charge is 2.18. The van der Waals surface area contributed by atoms with Crippen LogP contribution in [-0.2, 0) is 6.42 Å². The SMILES string of the molecule is Cc1ccc2[nH]c(=O)c(O)c(C(=O)NCCCc3c(Cl)cccc3Cl)c2c1. The molecule has 0 radical (unpaired) electrons. The van der Waals surface area contributed by atoms with Crippen molar-refractivity contribution in [2.45, 2.75) is 19.8 Å². The molecule has 1 amide bonds. The van der Waals surface area contributed by atoms with Gasteiger partial charge in [-0.1, -0.05) is 40.9 Å². The number of aromatic hydroxyl groups is 1. The van der Waals surface area contributed by atoms with Crippen molar-refractivity contribution in [2.24, 2.45) is 0 Å². The standard InChI is InChI=1S/C20H18Cl2N2O3/c1-11-7-8-16-13(10-11)17(18(25)20(27)24-16)19(26)23-9-3-4-12-14(21)5-2-6-15(12)22/h2,5-8,10,25H,3-4,9H2,1H3,(H,23,26)(H,24,27). The largest absolute Gasteiger partial charge is 0.502 e. The molecule has 0 atom stereocenters. The summed E-state index contributed by atoms with van der Waals surface area (Å²) in [6.45, 7) is 2.22. The molecule has 0 bridgehead atoms. The Balaban J connectivity index is 1.76. The number of nitrogens with one attached hydrogen (secondary N) is 2. The minimum absolute atomic E-state index is 0.0202. The van der Waals surface area contributed by atoms with Crippen LogP contribution >= 0.6 is 23.2 Å². The van der Waals surface area contributed by atoms with Gasteiger partial charge in [0.2, 0.25) is 0 Å². The van der Waals surface area contributed by atoms with E-state index in [1.165, 1.54) is 0 Å². The molecular formula is C20H18Cl2N2O3. The first-order chi connectivity index (χ1) is 12.9. The Bertz CT molecular complexity index is 1060. The summed E-state index contributed by atoms with van der Waals surface area (Å²) in [6.07, 6.45) is 1.20. The third-order valence-corrected chi connectivity index (χ3v) is 5.03. The highest BCUT2D eigenvalue weighted by molar-refractivity contribution is 6.36. The normalized spacial score (nSPS) is 10.9. The van der Waals surface area contributed by atoms with Gasteiger partial charge >= 0.3 is 0 Å². The van der Waals surface area contributed by atoms with E-state index in [1.54, 1.807) is 30.3 Å². The first-order valence-electron chi connectivity index (χ1n) is 8.45. The molecule has 0 fully saturated rings. The molecule has 1 aromatic heterocycles. The lowest BCUT2D eigenvalue weighted by atomic mass is 10.0. The van der Waals surface area contributed by atoms with E-state index in [-0.39, 0.29) is 5.56 Å².